The summed E-state index contributed by atoms with van der Waals surface area (Å²) in [5.41, 5.74) is -1.29. The zero-order valence-corrected chi connectivity index (χ0v) is 17.7. The minimum atomic E-state index is -4.16. The first-order valence-corrected chi connectivity index (χ1v) is 10.7. The first-order chi connectivity index (χ1) is 15.2. The summed E-state index contributed by atoms with van der Waals surface area (Å²) < 4.78 is 75.4. The van der Waals surface area contributed by atoms with Gasteiger partial charge >= 0.3 is 6.11 Å². The van der Waals surface area contributed by atoms with E-state index >= 15 is 0 Å². The van der Waals surface area contributed by atoms with E-state index in [1.807, 2.05) is 0 Å². The van der Waals surface area contributed by atoms with Crippen LogP contribution in [0.2, 0.25) is 0 Å². The molecule has 32 heavy (non-hydrogen) atoms. The van der Waals surface area contributed by atoms with Crippen molar-refractivity contribution in [1.82, 2.24) is 0 Å². The Kier molecular flexibility index (Phi) is 7.55. The molecule has 1 aliphatic carbocycles. The number of ether oxygens (including phenoxy) is 1. The molecule has 0 N–H and O–H groups in total. The molecule has 0 bridgehead atoms. The van der Waals surface area contributed by atoms with E-state index in [-0.39, 0.29) is 5.92 Å². The van der Waals surface area contributed by atoms with Crippen LogP contribution in [0.15, 0.2) is 42.5 Å². The number of alkyl halides is 2. The number of hydrogen-bond acceptors (Lipinski definition) is 2. The van der Waals surface area contributed by atoms with Crippen molar-refractivity contribution in [2.75, 3.05) is 0 Å². The number of rotatable bonds is 7. The molecule has 0 saturated heterocycles. The third-order valence-electron chi connectivity index (χ3n) is 5.79. The highest BCUT2D eigenvalue weighted by atomic mass is 19.3. The Hall–Kier alpha value is -2.88. The Bertz CT molecular complexity index is 996. The van der Waals surface area contributed by atoms with Gasteiger partial charge in [-0.2, -0.15) is 14.0 Å². The van der Waals surface area contributed by atoms with Crippen molar-refractivity contribution in [1.29, 1.82) is 5.26 Å². The van der Waals surface area contributed by atoms with Gasteiger partial charge in [-0.1, -0.05) is 31.6 Å². The van der Waals surface area contributed by atoms with Crippen LogP contribution in [0.25, 0.3) is 0 Å². The molecule has 3 rings (SSSR count). The van der Waals surface area contributed by atoms with Gasteiger partial charge in [0, 0.05) is 12.1 Å². The van der Waals surface area contributed by atoms with Gasteiger partial charge in [-0.05, 0) is 61.6 Å². The maximum absolute atomic E-state index is 14.6. The zero-order chi connectivity index (χ0) is 23.3. The van der Waals surface area contributed by atoms with Crippen molar-refractivity contribution in [2.45, 2.75) is 57.5 Å². The molecule has 0 aliphatic heterocycles. The second kappa shape index (κ2) is 10.2. The lowest BCUT2D eigenvalue weighted by Crippen LogP contribution is -2.24. The van der Waals surface area contributed by atoms with Crippen LogP contribution in [0.3, 0.4) is 0 Å². The summed E-state index contributed by atoms with van der Waals surface area (Å²) in [6.45, 7) is 2.12. The number of unbranched alkanes of at least 4 members (excludes halogenated alkanes) is 1. The lowest BCUT2D eigenvalue weighted by Gasteiger charge is -2.27. The molecule has 0 unspecified atom stereocenters. The van der Waals surface area contributed by atoms with Gasteiger partial charge in [0.05, 0.1) is 5.56 Å². The van der Waals surface area contributed by atoms with Crippen LogP contribution in [-0.2, 0) is 6.11 Å². The highest BCUT2D eigenvalue weighted by Crippen LogP contribution is 2.39. The molecule has 1 fully saturated rings. The summed E-state index contributed by atoms with van der Waals surface area (Å²) in [4.78, 5) is 0. The predicted octanol–water partition coefficient (Wildman–Crippen LogP) is 7.73. The molecular formula is C25H24F5NO. The standard InChI is InChI=1S/C25H24F5NO/c1-2-3-4-5-16-6-8-17(9-7-16)18-10-11-21(24(28)12-18)25(29,30)32-19-13-22(26)20(15-31)23(27)14-19/h4-5,10-14,16-17H,2-3,6-9H2,1H3/b5-4-/t16-,17-. The van der Waals surface area contributed by atoms with Crippen LogP contribution in [0, 0.1) is 34.7 Å². The predicted molar refractivity (Wildman–Crippen MR) is 111 cm³/mol. The maximum atomic E-state index is 14.6. The first-order valence-electron chi connectivity index (χ1n) is 10.7. The average Bonchev–Trinajstić information content (AvgIpc) is 2.73. The van der Waals surface area contributed by atoms with Crippen molar-refractivity contribution in [3.63, 3.8) is 0 Å². The summed E-state index contributed by atoms with van der Waals surface area (Å²) >= 11 is 0. The molecule has 7 heteroatoms. The summed E-state index contributed by atoms with van der Waals surface area (Å²) in [7, 11) is 0. The van der Waals surface area contributed by atoms with Gasteiger partial charge in [0.15, 0.2) is 0 Å². The fraction of sp³-hybridized carbons (Fsp3) is 0.400. The zero-order valence-electron chi connectivity index (χ0n) is 17.7. The number of nitrogens with zero attached hydrogens (tertiary/aromatic N) is 1. The van der Waals surface area contributed by atoms with Gasteiger partial charge in [0.1, 0.15) is 34.8 Å². The topological polar surface area (TPSA) is 33.0 Å². The van der Waals surface area contributed by atoms with Crippen molar-refractivity contribution < 1.29 is 26.7 Å². The Balaban J connectivity index is 1.71. The third-order valence-corrected chi connectivity index (χ3v) is 5.79. The Morgan fingerprint density at radius 1 is 1.03 bits per heavy atom. The van der Waals surface area contributed by atoms with Gasteiger partial charge in [0.25, 0.3) is 0 Å². The van der Waals surface area contributed by atoms with Gasteiger partial charge < -0.3 is 4.74 Å². The molecule has 0 amide bonds. The summed E-state index contributed by atoms with van der Waals surface area (Å²) in [6, 6.07) is 5.72. The Morgan fingerprint density at radius 2 is 1.69 bits per heavy atom. The van der Waals surface area contributed by atoms with E-state index in [4.69, 9.17) is 5.26 Å². The SMILES string of the molecule is CCC/C=C\[C@H]1CC[C@H](c2ccc(C(F)(F)Oc3cc(F)c(C#N)c(F)c3)c(F)c2)CC1. The Labute approximate surface area is 184 Å². The lowest BCUT2D eigenvalue weighted by atomic mass is 9.78. The smallest absolute Gasteiger partial charge is 0.429 e. The van der Waals surface area contributed by atoms with Gasteiger partial charge in [-0.15, -0.1) is 0 Å². The summed E-state index contributed by atoms with van der Waals surface area (Å²) in [5, 5.41) is 8.66. The van der Waals surface area contributed by atoms with Gasteiger partial charge in [0.2, 0.25) is 0 Å². The molecule has 0 atom stereocenters. The van der Waals surface area contributed by atoms with E-state index in [2.05, 4.69) is 23.8 Å². The molecule has 170 valence electrons. The summed E-state index contributed by atoms with van der Waals surface area (Å²) in [5.74, 6) is -4.09. The fourth-order valence-electron chi connectivity index (χ4n) is 4.04. The molecule has 2 aromatic rings. The van der Waals surface area contributed by atoms with E-state index in [9.17, 15) is 22.0 Å². The van der Waals surface area contributed by atoms with Gasteiger partial charge in [-0.3, -0.25) is 0 Å². The molecule has 1 saturated carbocycles. The van der Waals surface area contributed by atoms with Crippen LogP contribution in [0.5, 0.6) is 5.75 Å². The molecular weight excluding hydrogens is 425 g/mol. The quantitative estimate of drug-likeness (QED) is 0.320. The minimum absolute atomic E-state index is 0.0885. The van der Waals surface area contributed by atoms with Crippen molar-refractivity contribution in [2.24, 2.45) is 5.92 Å². The van der Waals surface area contributed by atoms with Crippen molar-refractivity contribution in [3.8, 4) is 11.8 Å². The molecule has 0 aromatic heterocycles. The minimum Gasteiger partial charge on any atom is -0.429 e. The second-order valence-electron chi connectivity index (χ2n) is 8.06. The number of hydrogen-bond donors (Lipinski definition) is 0. The van der Waals surface area contributed by atoms with E-state index in [1.54, 1.807) is 0 Å². The highest BCUT2D eigenvalue weighted by molar-refractivity contribution is 5.38. The number of halogens is 5. The van der Waals surface area contributed by atoms with Crippen LogP contribution >= 0.6 is 0 Å². The van der Waals surface area contributed by atoms with E-state index in [1.165, 1.54) is 12.1 Å². The average molecular weight is 449 g/mol. The second-order valence-corrected chi connectivity index (χ2v) is 8.06. The van der Waals surface area contributed by atoms with Crippen LogP contribution in [0.1, 0.15) is 68.1 Å². The largest absolute Gasteiger partial charge is 0.429 e. The molecule has 2 nitrogen and oxygen atoms in total. The van der Waals surface area contributed by atoms with E-state index < -0.39 is 40.4 Å². The molecule has 0 heterocycles. The van der Waals surface area contributed by atoms with E-state index in [0.29, 0.717) is 23.6 Å². The van der Waals surface area contributed by atoms with E-state index in [0.717, 1.165) is 50.7 Å². The lowest BCUT2D eigenvalue weighted by molar-refractivity contribution is -0.187. The maximum Gasteiger partial charge on any atom is 0.429 e. The molecule has 1 aliphatic rings. The summed E-state index contributed by atoms with van der Waals surface area (Å²) in [6.07, 6.45) is 6.02. The highest BCUT2D eigenvalue weighted by Gasteiger charge is 2.38. The monoisotopic (exact) mass is 449 g/mol. The molecule has 0 radical (unpaired) electrons. The third kappa shape index (κ3) is 5.48. The molecule has 0 spiro atoms. The molecule has 2 aromatic carbocycles. The van der Waals surface area contributed by atoms with Crippen LogP contribution in [0.4, 0.5) is 22.0 Å². The normalized spacial score (nSPS) is 19.2. The first kappa shape index (κ1) is 23.8. The van der Waals surface area contributed by atoms with Crippen LogP contribution < -0.4 is 4.74 Å². The van der Waals surface area contributed by atoms with Crippen molar-refractivity contribution in [3.05, 3.63) is 76.6 Å². The number of nitriles is 1. The fourth-order valence-corrected chi connectivity index (χ4v) is 4.04. The van der Waals surface area contributed by atoms with Crippen molar-refractivity contribution >= 4 is 0 Å². The van der Waals surface area contributed by atoms with Crippen LogP contribution in [-0.4, -0.2) is 0 Å². The number of allylic oxidation sites excluding steroid dienone is 2. The van der Waals surface area contributed by atoms with Gasteiger partial charge in [-0.25, -0.2) is 13.2 Å². The Morgan fingerprint density at radius 3 is 2.25 bits per heavy atom. The number of benzene rings is 2.